The number of β-lactam (4-membered cyclic amide) rings is 1. The zero-order valence-electron chi connectivity index (χ0n) is 24.8. The second kappa shape index (κ2) is 13.6. The molecule has 0 radical (unpaired) electrons. The van der Waals surface area contributed by atoms with Crippen LogP contribution in [0.25, 0.3) is 0 Å². The summed E-state index contributed by atoms with van der Waals surface area (Å²) in [5.74, 6) is -11.1. The van der Waals surface area contributed by atoms with Gasteiger partial charge in [-0.25, -0.2) is 13.6 Å². The standard InChI is InChI=1S/C30H34F2N4O10/c1-13-17(24(30(45)46)36-23(13)20(14(2)37)29(36)44)12-35(11-9-34-28(43)16-5-7-19(39)26(41)22(16)32)10-3-8-33-27(42)15-4-6-18(38)25(40)21(15)31/h4-7,13-14,20,23,37-41H,3,8-12H2,1-2H3,(H,33,42)(H,34,43)(H,45,46)/t13-,14+,20+,23+/m0/s1. The lowest BCUT2D eigenvalue weighted by Crippen LogP contribution is -2.63. The van der Waals surface area contributed by atoms with Gasteiger partial charge >= 0.3 is 5.97 Å². The van der Waals surface area contributed by atoms with Gasteiger partial charge in [0.25, 0.3) is 11.8 Å². The number of aromatic hydroxyl groups is 4. The zero-order valence-corrected chi connectivity index (χ0v) is 24.8. The van der Waals surface area contributed by atoms with E-state index in [1.807, 2.05) is 0 Å². The summed E-state index contributed by atoms with van der Waals surface area (Å²) in [5, 5.41) is 63.1. The first-order valence-electron chi connectivity index (χ1n) is 14.3. The smallest absolute Gasteiger partial charge is 0.352 e. The van der Waals surface area contributed by atoms with Crippen molar-refractivity contribution in [3.63, 3.8) is 0 Å². The van der Waals surface area contributed by atoms with Gasteiger partial charge in [-0.3, -0.25) is 19.3 Å². The third-order valence-electron chi connectivity index (χ3n) is 8.24. The number of aliphatic carboxylic acids is 1. The predicted molar refractivity (Wildman–Crippen MR) is 155 cm³/mol. The summed E-state index contributed by atoms with van der Waals surface area (Å²) < 4.78 is 28.5. The van der Waals surface area contributed by atoms with Crippen LogP contribution in [-0.4, -0.2) is 109 Å². The first-order valence-corrected chi connectivity index (χ1v) is 14.3. The number of nitrogens with one attached hydrogen (secondary N) is 2. The molecular weight excluding hydrogens is 614 g/mol. The molecule has 0 spiro atoms. The molecule has 16 heteroatoms. The van der Waals surface area contributed by atoms with Crippen LogP contribution in [0.5, 0.6) is 23.0 Å². The minimum atomic E-state index is -1.33. The van der Waals surface area contributed by atoms with Crippen molar-refractivity contribution in [2.75, 3.05) is 32.7 Å². The number of aliphatic hydroxyl groups is 1. The fraction of sp³-hybridized carbons (Fsp3) is 0.400. The molecule has 4 rings (SSSR count). The van der Waals surface area contributed by atoms with E-state index in [4.69, 9.17) is 0 Å². The molecule has 0 bridgehead atoms. The topological polar surface area (TPSA) is 220 Å². The average Bonchev–Trinajstić information content (AvgIpc) is 3.23. The highest BCUT2D eigenvalue weighted by atomic mass is 19.1. The van der Waals surface area contributed by atoms with Crippen molar-refractivity contribution in [2.24, 2.45) is 11.8 Å². The van der Waals surface area contributed by atoms with Gasteiger partial charge < -0.3 is 46.2 Å². The minimum Gasteiger partial charge on any atom is -0.504 e. The second-order valence-corrected chi connectivity index (χ2v) is 11.2. The van der Waals surface area contributed by atoms with E-state index in [-0.39, 0.29) is 44.8 Å². The SMILES string of the molecule is C[C@@H](O)[C@H]1C(=O)N2C(C(=O)O)=C(CN(CCCNC(=O)c3ccc(O)c(O)c3F)CCNC(=O)c3ccc(O)c(O)c3F)[C@H](C)[C@H]12. The van der Waals surface area contributed by atoms with Crippen LogP contribution in [0.2, 0.25) is 0 Å². The summed E-state index contributed by atoms with van der Waals surface area (Å²) in [4.78, 5) is 52.9. The Labute approximate surface area is 261 Å². The van der Waals surface area contributed by atoms with Crippen molar-refractivity contribution < 1.29 is 58.6 Å². The van der Waals surface area contributed by atoms with Crippen molar-refractivity contribution >= 4 is 23.7 Å². The van der Waals surface area contributed by atoms with E-state index in [1.54, 1.807) is 11.8 Å². The van der Waals surface area contributed by atoms with Crippen molar-refractivity contribution in [3.8, 4) is 23.0 Å². The lowest BCUT2D eigenvalue weighted by Gasteiger charge is -2.46. The van der Waals surface area contributed by atoms with Crippen LogP contribution in [0.1, 0.15) is 41.0 Å². The van der Waals surface area contributed by atoms with E-state index in [0.29, 0.717) is 5.57 Å². The van der Waals surface area contributed by atoms with Crippen LogP contribution in [-0.2, 0) is 9.59 Å². The van der Waals surface area contributed by atoms with Crippen LogP contribution in [0.15, 0.2) is 35.5 Å². The number of halogens is 2. The molecule has 0 aromatic heterocycles. The highest BCUT2D eigenvalue weighted by molar-refractivity contribution is 6.00. The molecular formula is C30H34F2N4O10. The maximum atomic E-state index is 14.3. The number of carbonyl (C=O) groups is 4. The van der Waals surface area contributed by atoms with E-state index in [9.17, 15) is 58.6 Å². The molecule has 2 aliphatic heterocycles. The fourth-order valence-electron chi connectivity index (χ4n) is 5.85. The van der Waals surface area contributed by atoms with Gasteiger partial charge in [0.2, 0.25) is 5.91 Å². The number of carboxylic acid groups (broad SMARTS) is 1. The van der Waals surface area contributed by atoms with Crippen LogP contribution < -0.4 is 10.6 Å². The second-order valence-electron chi connectivity index (χ2n) is 11.2. The number of amides is 3. The number of fused-ring (bicyclic) bond motifs is 1. The largest absolute Gasteiger partial charge is 0.504 e. The molecule has 2 heterocycles. The van der Waals surface area contributed by atoms with Crippen molar-refractivity contribution in [3.05, 3.63) is 58.3 Å². The molecule has 0 saturated carbocycles. The fourth-order valence-corrected chi connectivity index (χ4v) is 5.85. The van der Waals surface area contributed by atoms with Gasteiger partial charge in [0.05, 0.1) is 29.2 Å². The van der Waals surface area contributed by atoms with Gasteiger partial charge in [0.15, 0.2) is 34.6 Å². The third kappa shape index (κ3) is 6.39. The first kappa shape index (κ1) is 33.9. The summed E-state index contributed by atoms with van der Waals surface area (Å²) in [5.41, 5.74) is -0.823. The number of carboxylic acids is 1. The van der Waals surface area contributed by atoms with Gasteiger partial charge in [-0.15, -0.1) is 0 Å². The first-order chi connectivity index (χ1) is 21.7. The molecule has 4 atom stereocenters. The number of phenolic OH excluding ortho intramolecular Hbond substituents is 4. The molecule has 2 aliphatic rings. The Balaban J connectivity index is 1.47. The normalized spacial score (nSPS) is 19.6. The molecule has 248 valence electrons. The predicted octanol–water partition coefficient (Wildman–Crippen LogP) is 0.835. The Morgan fingerprint density at radius 1 is 0.913 bits per heavy atom. The Hall–Kier alpha value is -4.96. The molecule has 1 saturated heterocycles. The number of aliphatic hydroxyl groups excluding tert-OH is 1. The highest BCUT2D eigenvalue weighted by Crippen LogP contribution is 2.47. The Morgan fingerprint density at radius 2 is 1.43 bits per heavy atom. The number of benzene rings is 2. The van der Waals surface area contributed by atoms with E-state index < -0.39 is 93.4 Å². The molecule has 8 N–H and O–H groups in total. The highest BCUT2D eigenvalue weighted by Gasteiger charge is 2.59. The average molecular weight is 649 g/mol. The van der Waals surface area contributed by atoms with E-state index in [0.717, 1.165) is 24.3 Å². The van der Waals surface area contributed by atoms with Crippen molar-refractivity contribution in [1.29, 1.82) is 0 Å². The Kier molecular flexibility index (Phi) is 10.0. The number of rotatable bonds is 13. The molecule has 0 unspecified atom stereocenters. The molecule has 2 aromatic carbocycles. The summed E-state index contributed by atoms with van der Waals surface area (Å²) in [6, 6.07) is 3.34. The molecule has 0 aliphatic carbocycles. The maximum absolute atomic E-state index is 14.3. The molecule has 2 aromatic rings. The van der Waals surface area contributed by atoms with Crippen LogP contribution in [0, 0.1) is 23.5 Å². The maximum Gasteiger partial charge on any atom is 0.352 e. The summed E-state index contributed by atoms with van der Waals surface area (Å²) >= 11 is 0. The Bertz CT molecular complexity index is 1600. The number of phenols is 4. The number of nitrogens with zero attached hydrogens (tertiary/aromatic N) is 2. The van der Waals surface area contributed by atoms with Gasteiger partial charge in [0.1, 0.15) is 5.70 Å². The van der Waals surface area contributed by atoms with Crippen LogP contribution >= 0.6 is 0 Å². The number of hydrogen-bond acceptors (Lipinski definition) is 10. The third-order valence-corrected chi connectivity index (χ3v) is 8.24. The lowest BCUT2D eigenvalue weighted by atomic mass is 9.77. The monoisotopic (exact) mass is 648 g/mol. The lowest BCUT2D eigenvalue weighted by molar-refractivity contribution is -0.163. The van der Waals surface area contributed by atoms with Gasteiger partial charge in [-0.1, -0.05) is 6.92 Å². The van der Waals surface area contributed by atoms with E-state index in [2.05, 4.69) is 10.6 Å². The van der Waals surface area contributed by atoms with Crippen molar-refractivity contribution in [2.45, 2.75) is 32.4 Å². The quantitative estimate of drug-likeness (QED) is 0.0864. The molecule has 46 heavy (non-hydrogen) atoms. The van der Waals surface area contributed by atoms with Gasteiger partial charge in [0, 0.05) is 38.6 Å². The summed E-state index contributed by atoms with van der Waals surface area (Å²) in [6.07, 6.45) is -0.765. The van der Waals surface area contributed by atoms with Crippen molar-refractivity contribution in [1.82, 2.24) is 20.4 Å². The molecule has 14 nitrogen and oxygen atoms in total. The number of carbonyl (C=O) groups excluding carboxylic acids is 3. The molecule has 3 amide bonds. The zero-order chi connectivity index (χ0) is 34.0. The summed E-state index contributed by atoms with van der Waals surface area (Å²) in [6.45, 7) is 3.38. The van der Waals surface area contributed by atoms with E-state index in [1.165, 1.54) is 11.8 Å². The number of hydrogen-bond donors (Lipinski definition) is 8. The minimum absolute atomic E-state index is 0.00149. The van der Waals surface area contributed by atoms with Gasteiger partial charge in [-0.05, 0) is 43.2 Å². The summed E-state index contributed by atoms with van der Waals surface area (Å²) in [7, 11) is 0. The van der Waals surface area contributed by atoms with Gasteiger partial charge in [-0.2, -0.15) is 0 Å². The Morgan fingerprint density at radius 3 is 1.93 bits per heavy atom. The van der Waals surface area contributed by atoms with Crippen LogP contribution in [0.4, 0.5) is 8.78 Å². The molecule has 1 fully saturated rings. The van der Waals surface area contributed by atoms with Crippen LogP contribution in [0.3, 0.4) is 0 Å². The van der Waals surface area contributed by atoms with E-state index >= 15 is 0 Å².